The predicted molar refractivity (Wildman–Crippen MR) is 92.0 cm³/mol. The molecule has 0 radical (unpaired) electrons. The molecule has 0 aromatic heterocycles. The summed E-state index contributed by atoms with van der Waals surface area (Å²) in [6, 6.07) is 7.43. The van der Waals surface area contributed by atoms with Gasteiger partial charge in [0, 0.05) is 19.3 Å². The summed E-state index contributed by atoms with van der Waals surface area (Å²) in [5.41, 5.74) is 0.768. The number of nitrogens with one attached hydrogen (secondary N) is 2. The molecule has 0 heterocycles. The Kier molecular flexibility index (Phi) is 11.5. The number of carbonyl (C=O) groups excluding carboxylic acids is 1. The van der Waals surface area contributed by atoms with E-state index in [0.29, 0.717) is 25.7 Å². The van der Waals surface area contributed by atoms with E-state index < -0.39 is 0 Å². The molecule has 2 N–H and O–H groups in total. The zero-order valence-electron chi connectivity index (χ0n) is 13.6. The smallest absolute Gasteiger partial charge is 0.238 e. The number of hydrogen-bond acceptors (Lipinski definition) is 4. The second-order valence-electron chi connectivity index (χ2n) is 5.27. The highest BCUT2D eigenvalue weighted by molar-refractivity contribution is 5.92. The number of carbonyl (C=O) groups is 1. The maximum atomic E-state index is 11.7. The first kappa shape index (κ1) is 20.7. The maximum absolute atomic E-state index is 11.7. The molecule has 0 unspecified atom stereocenters. The van der Waals surface area contributed by atoms with E-state index in [-0.39, 0.29) is 24.9 Å². The Morgan fingerprint density at radius 2 is 1.86 bits per heavy atom. The van der Waals surface area contributed by atoms with E-state index >= 15 is 0 Å². The van der Waals surface area contributed by atoms with Gasteiger partial charge in [-0.05, 0) is 36.6 Å². The molecule has 0 aliphatic carbocycles. The monoisotopic (exact) mass is 330 g/mol. The van der Waals surface area contributed by atoms with Crippen LogP contribution in [-0.2, 0) is 9.53 Å². The number of rotatable bonds is 10. The molecule has 22 heavy (non-hydrogen) atoms. The molecule has 0 saturated carbocycles. The van der Waals surface area contributed by atoms with Crippen molar-refractivity contribution in [1.82, 2.24) is 5.32 Å². The van der Waals surface area contributed by atoms with Crippen molar-refractivity contribution in [2.75, 3.05) is 38.7 Å². The predicted octanol–water partition coefficient (Wildman–Crippen LogP) is 2.71. The minimum atomic E-state index is -0.0698. The fraction of sp³-hybridized carbons (Fsp3) is 0.562. The van der Waals surface area contributed by atoms with Gasteiger partial charge in [-0.2, -0.15) is 0 Å². The van der Waals surface area contributed by atoms with Gasteiger partial charge in [0.05, 0.1) is 19.8 Å². The van der Waals surface area contributed by atoms with E-state index in [1.165, 1.54) is 0 Å². The molecule has 6 heteroatoms. The molecule has 0 saturated heterocycles. The van der Waals surface area contributed by atoms with Crippen LogP contribution in [0.3, 0.4) is 0 Å². The van der Waals surface area contributed by atoms with Crippen molar-refractivity contribution in [3.63, 3.8) is 0 Å². The van der Waals surface area contributed by atoms with E-state index in [2.05, 4.69) is 24.5 Å². The summed E-state index contributed by atoms with van der Waals surface area (Å²) >= 11 is 0. The van der Waals surface area contributed by atoms with Crippen LogP contribution in [0, 0.1) is 5.92 Å². The molecule has 0 atom stereocenters. The molecule has 0 spiro atoms. The van der Waals surface area contributed by atoms with Crippen molar-refractivity contribution in [3.05, 3.63) is 24.3 Å². The van der Waals surface area contributed by atoms with Crippen LogP contribution in [0.5, 0.6) is 5.75 Å². The number of hydrogen-bond donors (Lipinski definition) is 2. The Morgan fingerprint density at radius 1 is 1.18 bits per heavy atom. The zero-order valence-corrected chi connectivity index (χ0v) is 14.4. The standard InChI is InChI=1S/C16H26N2O3.ClH/c1-13(2)8-10-21-15-6-4-14(5-7-15)18-16(19)12-17-9-11-20-3;/h4-7,13,17H,8-12H2,1-3H3,(H,18,19);1H. The number of benzene rings is 1. The fourth-order valence-electron chi connectivity index (χ4n) is 1.63. The summed E-state index contributed by atoms with van der Waals surface area (Å²) in [7, 11) is 1.63. The van der Waals surface area contributed by atoms with Gasteiger partial charge in [0.2, 0.25) is 5.91 Å². The van der Waals surface area contributed by atoms with E-state index in [0.717, 1.165) is 17.9 Å². The lowest BCUT2D eigenvalue weighted by Crippen LogP contribution is -2.30. The number of ether oxygens (including phenoxy) is 2. The van der Waals surface area contributed by atoms with Gasteiger partial charge in [0.1, 0.15) is 5.75 Å². The molecule has 0 bridgehead atoms. The number of amides is 1. The molecule has 1 aromatic rings. The molecular weight excluding hydrogens is 304 g/mol. The van der Waals surface area contributed by atoms with Crippen LogP contribution < -0.4 is 15.4 Å². The Balaban J connectivity index is 0.00000441. The lowest BCUT2D eigenvalue weighted by atomic mass is 10.1. The van der Waals surface area contributed by atoms with Crippen LogP contribution in [0.4, 0.5) is 5.69 Å². The van der Waals surface area contributed by atoms with Crippen LogP contribution in [0.1, 0.15) is 20.3 Å². The van der Waals surface area contributed by atoms with Crippen molar-refractivity contribution in [1.29, 1.82) is 0 Å². The van der Waals surface area contributed by atoms with Crippen LogP contribution in [0.15, 0.2) is 24.3 Å². The highest BCUT2D eigenvalue weighted by Crippen LogP contribution is 2.16. The fourth-order valence-corrected chi connectivity index (χ4v) is 1.63. The average molecular weight is 331 g/mol. The molecule has 0 aliphatic rings. The molecule has 126 valence electrons. The van der Waals surface area contributed by atoms with Crippen LogP contribution in [0.2, 0.25) is 0 Å². The maximum Gasteiger partial charge on any atom is 0.238 e. The van der Waals surface area contributed by atoms with Crippen molar-refractivity contribution in [3.8, 4) is 5.75 Å². The van der Waals surface area contributed by atoms with E-state index in [1.807, 2.05) is 24.3 Å². The highest BCUT2D eigenvalue weighted by atomic mass is 35.5. The van der Waals surface area contributed by atoms with Gasteiger partial charge in [-0.15, -0.1) is 12.4 Å². The molecule has 5 nitrogen and oxygen atoms in total. The first-order chi connectivity index (χ1) is 10.1. The molecule has 1 aromatic carbocycles. The van der Waals surface area contributed by atoms with Crippen molar-refractivity contribution < 1.29 is 14.3 Å². The lowest BCUT2D eigenvalue weighted by molar-refractivity contribution is -0.115. The van der Waals surface area contributed by atoms with Gasteiger partial charge in [-0.1, -0.05) is 13.8 Å². The third-order valence-electron chi connectivity index (χ3n) is 2.87. The summed E-state index contributed by atoms with van der Waals surface area (Å²) in [5, 5.41) is 5.82. The zero-order chi connectivity index (χ0) is 15.5. The van der Waals surface area contributed by atoms with Crippen LogP contribution >= 0.6 is 12.4 Å². The van der Waals surface area contributed by atoms with Crippen LogP contribution in [-0.4, -0.2) is 39.3 Å². The number of methoxy groups -OCH3 is 1. The van der Waals surface area contributed by atoms with E-state index in [9.17, 15) is 4.79 Å². The first-order valence-electron chi connectivity index (χ1n) is 7.34. The first-order valence-corrected chi connectivity index (χ1v) is 7.34. The second kappa shape index (κ2) is 12.3. The Hall–Kier alpha value is -1.30. The van der Waals surface area contributed by atoms with Gasteiger partial charge >= 0.3 is 0 Å². The van der Waals surface area contributed by atoms with Crippen molar-refractivity contribution >= 4 is 24.0 Å². The third-order valence-corrected chi connectivity index (χ3v) is 2.87. The van der Waals surface area contributed by atoms with Gasteiger partial charge in [-0.25, -0.2) is 0 Å². The van der Waals surface area contributed by atoms with Crippen molar-refractivity contribution in [2.45, 2.75) is 20.3 Å². The normalized spacial score (nSPS) is 10.2. The van der Waals surface area contributed by atoms with Gasteiger partial charge in [0.25, 0.3) is 0 Å². The Labute approximate surface area is 139 Å². The second-order valence-corrected chi connectivity index (χ2v) is 5.27. The quantitative estimate of drug-likeness (QED) is 0.648. The molecular formula is C16H27ClN2O3. The van der Waals surface area contributed by atoms with Gasteiger partial charge in [-0.3, -0.25) is 4.79 Å². The average Bonchev–Trinajstić information content (AvgIpc) is 2.45. The molecule has 0 fully saturated rings. The summed E-state index contributed by atoms with van der Waals surface area (Å²) in [4.78, 5) is 11.7. The summed E-state index contributed by atoms with van der Waals surface area (Å²) < 4.78 is 10.5. The van der Waals surface area contributed by atoms with Gasteiger partial charge in [0.15, 0.2) is 0 Å². The highest BCUT2D eigenvalue weighted by Gasteiger charge is 2.02. The Morgan fingerprint density at radius 3 is 2.45 bits per heavy atom. The van der Waals surface area contributed by atoms with E-state index in [4.69, 9.17) is 9.47 Å². The minimum absolute atomic E-state index is 0. The van der Waals surface area contributed by atoms with Crippen LogP contribution in [0.25, 0.3) is 0 Å². The minimum Gasteiger partial charge on any atom is -0.494 e. The third kappa shape index (κ3) is 9.60. The number of anilines is 1. The SMILES string of the molecule is COCCNCC(=O)Nc1ccc(OCCC(C)C)cc1.Cl. The molecule has 0 aliphatic heterocycles. The molecule has 1 amide bonds. The molecule has 1 rings (SSSR count). The lowest BCUT2D eigenvalue weighted by Gasteiger charge is -2.10. The van der Waals surface area contributed by atoms with Crippen molar-refractivity contribution in [2.24, 2.45) is 5.92 Å². The topological polar surface area (TPSA) is 59.6 Å². The summed E-state index contributed by atoms with van der Waals surface area (Å²) in [5.74, 6) is 1.39. The van der Waals surface area contributed by atoms with E-state index in [1.54, 1.807) is 7.11 Å². The van der Waals surface area contributed by atoms with Gasteiger partial charge < -0.3 is 20.1 Å². The largest absolute Gasteiger partial charge is 0.494 e. The summed E-state index contributed by atoms with van der Waals surface area (Å²) in [6.45, 7) is 6.58. The Bertz CT molecular complexity index is 410. The number of halogens is 1. The summed E-state index contributed by atoms with van der Waals surface area (Å²) in [6.07, 6.45) is 1.03.